The lowest BCUT2D eigenvalue weighted by Crippen LogP contribution is -2.34. The first-order chi connectivity index (χ1) is 13.7. The third-order valence-corrected chi connectivity index (χ3v) is 4.71. The van der Waals surface area contributed by atoms with Gasteiger partial charge in [-0.15, -0.1) is 0 Å². The summed E-state index contributed by atoms with van der Waals surface area (Å²) in [5.41, 5.74) is 5.75. The zero-order valence-electron chi connectivity index (χ0n) is 15.2. The van der Waals surface area contributed by atoms with Crippen LogP contribution in [0.1, 0.15) is 27.0 Å². The Morgan fingerprint density at radius 3 is 2.46 bits per heavy atom. The van der Waals surface area contributed by atoms with Crippen LogP contribution in [0.4, 0.5) is 4.79 Å². The standard InChI is InChI=1S/C22H20N4O2/c27-21-20-11-16(4-5-19(20)14-24-21)13-26-22(28)25-12-15-2-1-3-18(10-15)17-6-8-23-9-7-17/h1-11H,12-14H2,(H,24,27)(H2,25,26,28). The van der Waals surface area contributed by atoms with Crippen LogP contribution >= 0.6 is 0 Å². The van der Waals surface area contributed by atoms with Crippen molar-refractivity contribution in [1.29, 1.82) is 0 Å². The second-order valence-electron chi connectivity index (χ2n) is 6.65. The predicted octanol–water partition coefficient (Wildman–Crippen LogP) is 2.99. The monoisotopic (exact) mass is 372 g/mol. The molecule has 0 radical (unpaired) electrons. The van der Waals surface area contributed by atoms with Crippen molar-refractivity contribution in [1.82, 2.24) is 20.9 Å². The van der Waals surface area contributed by atoms with Gasteiger partial charge in [-0.3, -0.25) is 9.78 Å². The van der Waals surface area contributed by atoms with Gasteiger partial charge < -0.3 is 16.0 Å². The van der Waals surface area contributed by atoms with E-state index in [-0.39, 0.29) is 11.9 Å². The molecule has 0 atom stereocenters. The molecule has 4 rings (SSSR count). The number of pyridine rings is 1. The number of hydrogen-bond donors (Lipinski definition) is 3. The van der Waals surface area contributed by atoms with Crippen molar-refractivity contribution < 1.29 is 9.59 Å². The Balaban J connectivity index is 1.32. The summed E-state index contributed by atoms with van der Waals surface area (Å²) in [6.07, 6.45) is 3.52. The lowest BCUT2D eigenvalue weighted by Gasteiger charge is -2.10. The fourth-order valence-corrected chi connectivity index (χ4v) is 3.20. The maximum Gasteiger partial charge on any atom is 0.315 e. The molecule has 2 aromatic carbocycles. The van der Waals surface area contributed by atoms with Crippen LogP contribution in [-0.4, -0.2) is 16.9 Å². The molecule has 3 aromatic rings. The molecule has 1 aliphatic heterocycles. The number of carbonyl (C=O) groups excluding carboxylic acids is 2. The Labute approximate surface area is 163 Å². The van der Waals surface area contributed by atoms with E-state index in [1.807, 2.05) is 48.5 Å². The van der Waals surface area contributed by atoms with Crippen LogP contribution in [-0.2, 0) is 19.6 Å². The topological polar surface area (TPSA) is 83.1 Å². The van der Waals surface area contributed by atoms with E-state index < -0.39 is 0 Å². The second kappa shape index (κ2) is 7.92. The molecule has 1 aromatic heterocycles. The quantitative estimate of drug-likeness (QED) is 0.644. The SMILES string of the molecule is O=C(NCc1cccc(-c2ccncc2)c1)NCc1ccc2c(c1)C(=O)NC2. The van der Waals surface area contributed by atoms with Gasteiger partial charge in [0, 0.05) is 37.6 Å². The molecule has 140 valence electrons. The minimum atomic E-state index is -0.251. The number of nitrogens with zero attached hydrogens (tertiary/aromatic N) is 1. The van der Waals surface area contributed by atoms with Gasteiger partial charge >= 0.3 is 6.03 Å². The first kappa shape index (κ1) is 17.7. The molecule has 3 amide bonds. The summed E-state index contributed by atoms with van der Waals surface area (Å²) < 4.78 is 0. The van der Waals surface area contributed by atoms with E-state index in [4.69, 9.17) is 0 Å². The van der Waals surface area contributed by atoms with Crippen molar-refractivity contribution in [2.24, 2.45) is 0 Å². The van der Waals surface area contributed by atoms with Crippen molar-refractivity contribution >= 4 is 11.9 Å². The van der Waals surface area contributed by atoms with Gasteiger partial charge in [0.1, 0.15) is 0 Å². The average Bonchev–Trinajstić information content (AvgIpc) is 3.12. The largest absolute Gasteiger partial charge is 0.348 e. The highest BCUT2D eigenvalue weighted by atomic mass is 16.2. The molecule has 0 aliphatic carbocycles. The van der Waals surface area contributed by atoms with E-state index in [0.717, 1.165) is 27.8 Å². The maximum atomic E-state index is 12.1. The molecule has 1 aliphatic rings. The van der Waals surface area contributed by atoms with Gasteiger partial charge in [0.2, 0.25) is 0 Å². The molecule has 0 fully saturated rings. The van der Waals surface area contributed by atoms with Crippen LogP contribution in [0, 0.1) is 0 Å². The number of hydrogen-bond acceptors (Lipinski definition) is 3. The molecular formula is C22H20N4O2. The molecule has 6 nitrogen and oxygen atoms in total. The van der Waals surface area contributed by atoms with Crippen LogP contribution < -0.4 is 16.0 Å². The van der Waals surface area contributed by atoms with Gasteiger partial charge in [-0.25, -0.2) is 4.79 Å². The van der Waals surface area contributed by atoms with Gasteiger partial charge in [0.15, 0.2) is 0 Å². The van der Waals surface area contributed by atoms with Gasteiger partial charge in [-0.05, 0) is 52.1 Å². The smallest absolute Gasteiger partial charge is 0.315 e. The summed E-state index contributed by atoms with van der Waals surface area (Å²) in [6.45, 7) is 1.36. The van der Waals surface area contributed by atoms with Crippen LogP contribution in [0.2, 0.25) is 0 Å². The summed E-state index contributed by atoms with van der Waals surface area (Å²) >= 11 is 0. The summed E-state index contributed by atoms with van der Waals surface area (Å²) in [6, 6.07) is 17.4. The van der Waals surface area contributed by atoms with E-state index in [2.05, 4.69) is 27.0 Å². The molecule has 6 heteroatoms. The third kappa shape index (κ3) is 4.01. The maximum absolute atomic E-state index is 12.1. The highest BCUT2D eigenvalue weighted by molar-refractivity contribution is 5.98. The van der Waals surface area contributed by atoms with Crippen LogP contribution in [0.25, 0.3) is 11.1 Å². The molecule has 0 bridgehead atoms. The normalized spacial score (nSPS) is 12.2. The Morgan fingerprint density at radius 2 is 1.68 bits per heavy atom. The van der Waals surface area contributed by atoms with E-state index in [0.29, 0.717) is 25.2 Å². The number of aromatic nitrogens is 1. The molecule has 0 saturated carbocycles. The van der Waals surface area contributed by atoms with Gasteiger partial charge in [-0.1, -0.05) is 30.3 Å². The number of carbonyl (C=O) groups is 2. The fourth-order valence-electron chi connectivity index (χ4n) is 3.20. The first-order valence-corrected chi connectivity index (χ1v) is 9.10. The Kier molecular flexibility index (Phi) is 5.01. The number of amides is 3. The van der Waals surface area contributed by atoms with Gasteiger partial charge in [0.05, 0.1) is 0 Å². The van der Waals surface area contributed by atoms with Crippen LogP contribution in [0.3, 0.4) is 0 Å². The van der Waals surface area contributed by atoms with Crippen molar-refractivity contribution in [2.75, 3.05) is 0 Å². The molecule has 0 spiro atoms. The molecule has 0 unspecified atom stereocenters. The number of urea groups is 1. The summed E-state index contributed by atoms with van der Waals surface area (Å²) in [4.78, 5) is 27.9. The second-order valence-corrected chi connectivity index (χ2v) is 6.65. The Bertz CT molecular complexity index is 1020. The molecule has 3 N–H and O–H groups in total. The number of fused-ring (bicyclic) bond motifs is 1. The summed E-state index contributed by atoms with van der Waals surface area (Å²) in [5.74, 6) is -0.0598. The zero-order valence-corrected chi connectivity index (χ0v) is 15.2. The average molecular weight is 372 g/mol. The minimum absolute atomic E-state index is 0.0598. The van der Waals surface area contributed by atoms with E-state index in [9.17, 15) is 9.59 Å². The molecule has 0 saturated heterocycles. The Morgan fingerprint density at radius 1 is 0.929 bits per heavy atom. The van der Waals surface area contributed by atoms with E-state index >= 15 is 0 Å². The van der Waals surface area contributed by atoms with Crippen LogP contribution in [0.15, 0.2) is 67.0 Å². The third-order valence-electron chi connectivity index (χ3n) is 4.71. The summed E-state index contributed by atoms with van der Waals surface area (Å²) in [5, 5.41) is 8.49. The van der Waals surface area contributed by atoms with E-state index in [1.54, 1.807) is 12.4 Å². The number of nitrogens with one attached hydrogen (secondary N) is 3. The molecule has 2 heterocycles. The molecule has 28 heavy (non-hydrogen) atoms. The highest BCUT2D eigenvalue weighted by Crippen LogP contribution is 2.19. The zero-order chi connectivity index (χ0) is 19.3. The number of benzene rings is 2. The predicted molar refractivity (Wildman–Crippen MR) is 106 cm³/mol. The highest BCUT2D eigenvalue weighted by Gasteiger charge is 2.18. The minimum Gasteiger partial charge on any atom is -0.348 e. The summed E-state index contributed by atoms with van der Waals surface area (Å²) in [7, 11) is 0. The van der Waals surface area contributed by atoms with Gasteiger partial charge in [-0.2, -0.15) is 0 Å². The Hall–Kier alpha value is -3.67. The number of rotatable bonds is 5. The van der Waals surface area contributed by atoms with Crippen LogP contribution in [0.5, 0.6) is 0 Å². The lowest BCUT2D eigenvalue weighted by molar-refractivity contribution is 0.0965. The van der Waals surface area contributed by atoms with Crippen molar-refractivity contribution in [3.05, 3.63) is 89.2 Å². The van der Waals surface area contributed by atoms with Gasteiger partial charge in [0.25, 0.3) is 5.91 Å². The van der Waals surface area contributed by atoms with Crippen molar-refractivity contribution in [2.45, 2.75) is 19.6 Å². The molecular weight excluding hydrogens is 352 g/mol. The van der Waals surface area contributed by atoms with E-state index in [1.165, 1.54) is 0 Å². The van der Waals surface area contributed by atoms with Crippen molar-refractivity contribution in [3.63, 3.8) is 0 Å². The fraction of sp³-hybridized carbons (Fsp3) is 0.136. The van der Waals surface area contributed by atoms with Crippen molar-refractivity contribution in [3.8, 4) is 11.1 Å². The lowest BCUT2D eigenvalue weighted by atomic mass is 10.0. The first-order valence-electron chi connectivity index (χ1n) is 9.10.